The second-order valence-corrected chi connectivity index (χ2v) is 11.7. The number of fused-ring (bicyclic) bond motifs is 2. The number of carbonyl (C=O) groups is 3. The van der Waals surface area contributed by atoms with E-state index in [1.54, 1.807) is 40.3 Å². The number of nitrogen functional groups attached to an aromatic ring is 1. The first-order valence-electron chi connectivity index (χ1n) is 15.8. The number of ether oxygens (including phenoxy) is 3. The van der Waals surface area contributed by atoms with Crippen LogP contribution in [0.3, 0.4) is 0 Å². The zero-order valence-corrected chi connectivity index (χ0v) is 26.7. The van der Waals surface area contributed by atoms with Gasteiger partial charge in [0.2, 0.25) is 0 Å². The molecule has 0 bridgehead atoms. The van der Waals surface area contributed by atoms with Crippen LogP contribution in [0.5, 0.6) is 11.5 Å². The molecule has 2 aliphatic heterocycles. The van der Waals surface area contributed by atoms with Gasteiger partial charge in [-0.05, 0) is 78.9 Å². The number of hydrogen-bond donors (Lipinski definition) is 2. The molecule has 1 aliphatic carbocycles. The number of pyridine rings is 1. The third-order valence-corrected chi connectivity index (χ3v) is 8.28. The highest BCUT2D eigenvalue weighted by atomic mass is 16.5. The monoisotopic (exact) mass is 671 g/mol. The first-order chi connectivity index (χ1) is 23.9. The lowest BCUT2D eigenvalue weighted by atomic mass is 10.1. The Morgan fingerprint density at radius 2 is 1.36 bits per heavy atom. The lowest BCUT2D eigenvalue weighted by molar-refractivity contribution is -0.121. The first-order valence-corrected chi connectivity index (χ1v) is 15.8. The average molecular weight is 672 g/mol. The standard InChI is InChI=1S/C24H21N3O4.C14H12N2O2.CH4/c1-30-24(29)19-11-16(15-7-8-15)13-25-23(19)26-17-9-10-20-21(12-17)31-14-22(28)27(20)18-5-3-2-4-6-18;15-10-6-7-12-13(8-10)18-9-14(17)16(12)11-4-2-1-3-5-11;/h2-6,9-13,15H,7-8,14H2,1H3,(H,25,26);1-8H,9,15H2;1H4. The van der Waals surface area contributed by atoms with Gasteiger partial charge in [-0.25, -0.2) is 9.78 Å². The minimum Gasteiger partial charge on any atom is -0.481 e. The Morgan fingerprint density at radius 3 is 1.92 bits per heavy atom. The molecular weight excluding hydrogens is 634 g/mol. The Balaban J connectivity index is 0.000000194. The van der Waals surface area contributed by atoms with Crippen molar-refractivity contribution in [2.75, 3.05) is 41.2 Å². The van der Waals surface area contributed by atoms with Crippen molar-refractivity contribution in [2.45, 2.75) is 26.2 Å². The first kappa shape index (κ1) is 33.5. The number of hydrogen-bond acceptors (Lipinski definition) is 9. The zero-order valence-electron chi connectivity index (χ0n) is 26.7. The van der Waals surface area contributed by atoms with Crippen LogP contribution >= 0.6 is 0 Å². The summed E-state index contributed by atoms with van der Waals surface area (Å²) < 4.78 is 16.0. The van der Waals surface area contributed by atoms with Crippen molar-refractivity contribution in [3.8, 4) is 11.5 Å². The largest absolute Gasteiger partial charge is 0.481 e. The van der Waals surface area contributed by atoms with Gasteiger partial charge < -0.3 is 25.3 Å². The summed E-state index contributed by atoms with van der Waals surface area (Å²) in [5.41, 5.74) is 11.5. The molecule has 254 valence electrons. The fourth-order valence-corrected chi connectivity index (χ4v) is 5.74. The van der Waals surface area contributed by atoms with E-state index in [-0.39, 0.29) is 32.5 Å². The summed E-state index contributed by atoms with van der Waals surface area (Å²) in [7, 11) is 1.36. The minimum absolute atomic E-state index is 0. The fourth-order valence-electron chi connectivity index (χ4n) is 5.74. The van der Waals surface area contributed by atoms with Gasteiger partial charge in [0.15, 0.2) is 13.2 Å². The number of esters is 1. The molecule has 0 saturated heterocycles. The zero-order chi connectivity index (χ0) is 33.9. The van der Waals surface area contributed by atoms with Crippen LogP contribution < -0.4 is 30.3 Å². The van der Waals surface area contributed by atoms with E-state index in [2.05, 4.69) is 10.3 Å². The molecule has 3 N–H and O–H groups in total. The predicted octanol–water partition coefficient (Wildman–Crippen LogP) is 7.51. The molecule has 50 heavy (non-hydrogen) atoms. The van der Waals surface area contributed by atoms with Gasteiger partial charge >= 0.3 is 5.97 Å². The maximum absolute atomic E-state index is 12.5. The molecule has 0 unspecified atom stereocenters. The van der Waals surface area contributed by atoms with E-state index in [1.165, 1.54) is 7.11 Å². The second kappa shape index (κ2) is 14.4. The lowest BCUT2D eigenvalue weighted by Gasteiger charge is -2.29. The van der Waals surface area contributed by atoms with Crippen molar-refractivity contribution in [3.05, 3.63) is 120 Å². The summed E-state index contributed by atoms with van der Waals surface area (Å²) >= 11 is 0. The van der Waals surface area contributed by atoms with Crippen LogP contribution in [0.4, 0.5) is 39.9 Å². The molecular formula is C39H37N5O6. The van der Waals surface area contributed by atoms with Crippen LogP contribution in [0.1, 0.15) is 42.1 Å². The highest BCUT2D eigenvalue weighted by Gasteiger charge is 2.29. The van der Waals surface area contributed by atoms with Crippen molar-refractivity contribution in [1.82, 2.24) is 4.98 Å². The number of para-hydroxylation sites is 2. The SMILES string of the molecule is C.COC(=O)c1cc(C2CC2)cnc1Nc1ccc2c(c1)OCC(=O)N2c1ccccc1.Nc1ccc2c(c1)OCC(=O)N2c1ccccc1. The summed E-state index contributed by atoms with van der Waals surface area (Å²) in [6.07, 6.45) is 4.04. The normalized spacial score (nSPS) is 14.4. The third kappa shape index (κ3) is 6.93. The van der Waals surface area contributed by atoms with Gasteiger partial charge in [-0.2, -0.15) is 0 Å². The van der Waals surface area contributed by atoms with Gasteiger partial charge in [-0.15, -0.1) is 0 Å². The molecule has 0 radical (unpaired) electrons. The molecule has 0 atom stereocenters. The molecule has 4 aromatic carbocycles. The van der Waals surface area contributed by atoms with Crippen LogP contribution in [0.2, 0.25) is 0 Å². The molecule has 1 aromatic heterocycles. The number of anilines is 7. The molecule has 1 fully saturated rings. The highest BCUT2D eigenvalue weighted by Crippen LogP contribution is 2.42. The van der Waals surface area contributed by atoms with Crippen LogP contribution in [0, 0.1) is 0 Å². The second-order valence-electron chi connectivity index (χ2n) is 11.7. The number of nitrogens with zero attached hydrogens (tertiary/aromatic N) is 3. The van der Waals surface area contributed by atoms with Gasteiger partial charge in [0.25, 0.3) is 11.8 Å². The Bertz CT molecular complexity index is 2030. The summed E-state index contributed by atoms with van der Waals surface area (Å²) in [5, 5.41) is 3.19. The number of nitrogens with two attached hydrogens (primary N) is 1. The number of amides is 2. The van der Waals surface area contributed by atoms with E-state index in [0.717, 1.165) is 35.5 Å². The lowest BCUT2D eigenvalue weighted by Crippen LogP contribution is -2.35. The van der Waals surface area contributed by atoms with Gasteiger partial charge in [0, 0.05) is 41.1 Å². The molecule has 8 rings (SSSR count). The third-order valence-electron chi connectivity index (χ3n) is 8.28. The molecule has 2 amide bonds. The number of benzene rings is 4. The van der Waals surface area contributed by atoms with Crippen molar-refractivity contribution in [3.63, 3.8) is 0 Å². The van der Waals surface area contributed by atoms with Crippen LogP contribution in [0.25, 0.3) is 0 Å². The average Bonchev–Trinajstić information content (AvgIpc) is 3.99. The molecule has 1 saturated carbocycles. The van der Waals surface area contributed by atoms with Gasteiger partial charge in [-0.3, -0.25) is 19.4 Å². The molecule has 3 aliphatic rings. The van der Waals surface area contributed by atoms with Crippen molar-refractivity contribution >= 4 is 57.7 Å². The van der Waals surface area contributed by atoms with Gasteiger partial charge in [0.05, 0.1) is 18.5 Å². The number of rotatable bonds is 6. The molecule has 5 aromatic rings. The molecule has 11 nitrogen and oxygen atoms in total. The summed E-state index contributed by atoms with van der Waals surface area (Å²) in [6, 6.07) is 31.5. The Hall–Kier alpha value is -6.36. The van der Waals surface area contributed by atoms with E-state index in [1.807, 2.05) is 78.9 Å². The quantitative estimate of drug-likeness (QED) is 0.139. The Morgan fingerprint density at radius 1 is 0.800 bits per heavy atom. The van der Waals surface area contributed by atoms with Crippen LogP contribution in [-0.4, -0.2) is 43.1 Å². The minimum atomic E-state index is -0.437. The summed E-state index contributed by atoms with van der Waals surface area (Å²) in [4.78, 5) is 44.6. The molecule has 11 heteroatoms. The number of methoxy groups -OCH3 is 1. The Labute approximate surface area is 290 Å². The molecule has 3 heterocycles. The van der Waals surface area contributed by atoms with Crippen molar-refractivity contribution in [2.24, 2.45) is 0 Å². The number of aromatic nitrogens is 1. The highest BCUT2D eigenvalue weighted by molar-refractivity contribution is 6.05. The van der Waals surface area contributed by atoms with Gasteiger partial charge in [-0.1, -0.05) is 43.8 Å². The van der Waals surface area contributed by atoms with Crippen molar-refractivity contribution in [1.29, 1.82) is 0 Å². The van der Waals surface area contributed by atoms with Crippen molar-refractivity contribution < 1.29 is 28.6 Å². The number of nitrogens with one attached hydrogen (secondary N) is 1. The molecule has 0 spiro atoms. The Kier molecular flexibility index (Phi) is 9.66. The van der Waals surface area contributed by atoms with Crippen LogP contribution in [-0.2, 0) is 14.3 Å². The summed E-state index contributed by atoms with van der Waals surface area (Å²) in [6.45, 7) is -0.0154. The topological polar surface area (TPSA) is 136 Å². The number of carbonyl (C=O) groups excluding carboxylic acids is 3. The van der Waals surface area contributed by atoms with E-state index in [4.69, 9.17) is 19.9 Å². The predicted molar refractivity (Wildman–Crippen MR) is 193 cm³/mol. The maximum atomic E-state index is 12.5. The van der Waals surface area contributed by atoms with E-state index in [9.17, 15) is 14.4 Å². The van der Waals surface area contributed by atoms with E-state index in [0.29, 0.717) is 45.9 Å². The summed E-state index contributed by atoms with van der Waals surface area (Å²) in [5.74, 6) is 1.45. The van der Waals surface area contributed by atoms with Crippen LogP contribution in [0.15, 0.2) is 109 Å². The van der Waals surface area contributed by atoms with E-state index < -0.39 is 5.97 Å². The smallest absolute Gasteiger partial charge is 0.341 e. The van der Waals surface area contributed by atoms with E-state index >= 15 is 0 Å². The van der Waals surface area contributed by atoms with Gasteiger partial charge in [0.1, 0.15) is 22.9 Å². The fraction of sp³-hybridized carbons (Fsp3) is 0.179. The maximum Gasteiger partial charge on any atom is 0.341 e.